The number of nitrogens with zero attached hydrogens (tertiary/aromatic N) is 1. The molecule has 1 saturated heterocycles. The van der Waals surface area contributed by atoms with Crippen molar-refractivity contribution >= 4 is 5.69 Å². The van der Waals surface area contributed by atoms with Crippen LogP contribution in [-0.4, -0.2) is 25.2 Å². The number of aryl methyl sites for hydroxylation is 2. The van der Waals surface area contributed by atoms with Crippen molar-refractivity contribution in [1.82, 2.24) is 5.32 Å². The SMILES string of the molecule is Cc1ccc(N2CCCCNC(C)(C)C2)c(C)c1. The van der Waals surface area contributed by atoms with Crippen LogP contribution in [0.3, 0.4) is 0 Å². The molecule has 1 fully saturated rings. The van der Waals surface area contributed by atoms with Gasteiger partial charge >= 0.3 is 0 Å². The Morgan fingerprint density at radius 1 is 1.17 bits per heavy atom. The molecule has 0 radical (unpaired) electrons. The predicted octanol–water partition coefficient (Wildman–Crippen LogP) is 3.27. The summed E-state index contributed by atoms with van der Waals surface area (Å²) >= 11 is 0. The maximum atomic E-state index is 3.65. The topological polar surface area (TPSA) is 15.3 Å². The molecule has 2 rings (SSSR count). The first-order chi connectivity index (χ1) is 8.48. The molecule has 18 heavy (non-hydrogen) atoms. The summed E-state index contributed by atoms with van der Waals surface area (Å²) in [6.45, 7) is 12.4. The maximum Gasteiger partial charge on any atom is 0.0396 e. The molecule has 1 aromatic rings. The van der Waals surface area contributed by atoms with Gasteiger partial charge in [0.15, 0.2) is 0 Å². The minimum Gasteiger partial charge on any atom is -0.369 e. The molecule has 1 aliphatic heterocycles. The van der Waals surface area contributed by atoms with Crippen LogP contribution < -0.4 is 10.2 Å². The second-order valence-corrected chi connectivity index (χ2v) is 6.23. The minimum absolute atomic E-state index is 0.192. The molecule has 1 aliphatic rings. The van der Waals surface area contributed by atoms with Gasteiger partial charge in [-0.2, -0.15) is 0 Å². The van der Waals surface area contributed by atoms with Gasteiger partial charge in [0, 0.05) is 24.3 Å². The lowest BCUT2D eigenvalue weighted by molar-refractivity contribution is 0.364. The number of anilines is 1. The van der Waals surface area contributed by atoms with E-state index in [0.717, 1.165) is 13.1 Å². The smallest absolute Gasteiger partial charge is 0.0396 e. The molecule has 0 amide bonds. The molecule has 1 N–H and O–H groups in total. The van der Waals surface area contributed by atoms with Crippen molar-refractivity contribution in [3.63, 3.8) is 0 Å². The summed E-state index contributed by atoms with van der Waals surface area (Å²) < 4.78 is 0. The fraction of sp³-hybridized carbons (Fsp3) is 0.625. The van der Waals surface area contributed by atoms with E-state index in [-0.39, 0.29) is 5.54 Å². The lowest BCUT2D eigenvalue weighted by atomic mass is 10.0. The van der Waals surface area contributed by atoms with Gasteiger partial charge in [-0.25, -0.2) is 0 Å². The Bertz CT molecular complexity index is 410. The highest BCUT2D eigenvalue weighted by atomic mass is 15.2. The molecule has 1 aromatic carbocycles. The number of nitrogens with one attached hydrogen (secondary N) is 1. The molecule has 0 unspecified atom stereocenters. The highest BCUT2D eigenvalue weighted by molar-refractivity contribution is 5.54. The van der Waals surface area contributed by atoms with Crippen LogP contribution in [0.4, 0.5) is 5.69 Å². The zero-order valence-corrected chi connectivity index (χ0v) is 12.2. The summed E-state index contributed by atoms with van der Waals surface area (Å²) in [5, 5.41) is 3.65. The molecule has 0 atom stereocenters. The first kappa shape index (κ1) is 13.4. The van der Waals surface area contributed by atoms with Crippen molar-refractivity contribution in [3.8, 4) is 0 Å². The zero-order chi connectivity index (χ0) is 13.2. The molecular formula is C16H26N2. The molecule has 0 spiro atoms. The van der Waals surface area contributed by atoms with Crippen molar-refractivity contribution in [2.75, 3.05) is 24.5 Å². The van der Waals surface area contributed by atoms with Crippen molar-refractivity contribution in [1.29, 1.82) is 0 Å². The van der Waals surface area contributed by atoms with Crippen LogP contribution in [0, 0.1) is 13.8 Å². The molecular weight excluding hydrogens is 220 g/mol. The molecule has 2 heteroatoms. The van der Waals surface area contributed by atoms with Crippen molar-refractivity contribution in [2.24, 2.45) is 0 Å². The van der Waals surface area contributed by atoms with Crippen LogP contribution in [0.5, 0.6) is 0 Å². The monoisotopic (exact) mass is 246 g/mol. The number of hydrogen-bond acceptors (Lipinski definition) is 2. The van der Waals surface area contributed by atoms with E-state index in [0.29, 0.717) is 0 Å². The highest BCUT2D eigenvalue weighted by Gasteiger charge is 2.23. The average Bonchev–Trinajstić information content (AvgIpc) is 2.24. The largest absolute Gasteiger partial charge is 0.369 e. The Morgan fingerprint density at radius 3 is 2.67 bits per heavy atom. The number of hydrogen-bond donors (Lipinski definition) is 1. The first-order valence-corrected chi connectivity index (χ1v) is 7.05. The van der Waals surface area contributed by atoms with Gasteiger partial charge in [-0.05, 0) is 58.7 Å². The zero-order valence-electron chi connectivity index (χ0n) is 12.2. The third-order valence-electron chi connectivity index (χ3n) is 3.74. The molecule has 0 saturated carbocycles. The lowest BCUT2D eigenvalue weighted by Crippen LogP contribution is -2.51. The van der Waals surface area contributed by atoms with Crippen molar-refractivity contribution < 1.29 is 0 Å². The highest BCUT2D eigenvalue weighted by Crippen LogP contribution is 2.24. The van der Waals surface area contributed by atoms with E-state index in [1.165, 1.54) is 36.2 Å². The van der Waals surface area contributed by atoms with Gasteiger partial charge in [0.25, 0.3) is 0 Å². The fourth-order valence-corrected chi connectivity index (χ4v) is 2.83. The molecule has 0 aliphatic carbocycles. The lowest BCUT2D eigenvalue weighted by Gasteiger charge is -2.38. The third kappa shape index (κ3) is 3.26. The van der Waals surface area contributed by atoms with Crippen LogP contribution in [0.1, 0.15) is 37.8 Å². The molecule has 100 valence electrons. The van der Waals surface area contributed by atoms with E-state index in [1.54, 1.807) is 0 Å². The number of rotatable bonds is 1. The van der Waals surface area contributed by atoms with Gasteiger partial charge in [-0.1, -0.05) is 17.7 Å². The quantitative estimate of drug-likeness (QED) is 0.818. The van der Waals surface area contributed by atoms with E-state index < -0.39 is 0 Å². The fourth-order valence-electron chi connectivity index (χ4n) is 2.83. The summed E-state index contributed by atoms with van der Waals surface area (Å²) in [4.78, 5) is 2.54. The summed E-state index contributed by atoms with van der Waals surface area (Å²) in [6.07, 6.45) is 2.54. The van der Waals surface area contributed by atoms with Gasteiger partial charge < -0.3 is 10.2 Å². The molecule has 1 heterocycles. The van der Waals surface area contributed by atoms with E-state index in [9.17, 15) is 0 Å². The van der Waals surface area contributed by atoms with Crippen molar-refractivity contribution in [3.05, 3.63) is 29.3 Å². The van der Waals surface area contributed by atoms with Crippen LogP contribution >= 0.6 is 0 Å². The van der Waals surface area contributed by atoms with Crippen LogP contribution in [0.25, 0.3) is 0 Å². The second-order valence-electron chi connectivity index (χ2n) is 6.23. The molecule has 0 aromatic heterocycles. The van der Waals surface area contributed by atoms with E-state index in [2.05, 4.69) is 56.1 Å². The predicted molar refractivity (Wildman–Crippen MR) is 79.4 cm³/mol. The van der Waals surface area contributed by atoms with Crippen LogP contribution in [0.2, 0.25) is 0 Å². The van der Waals surface area contributed by atoms with E-state index in [1.807, 2.05) is 0 Å². The first-order valence-electron chi connectivity index (χ1n) is 7.05. The van der Waals surface area contributed by atoms with Crippen LogP contribution in [0.15, 0.2) is 18.2 Å². The van der Waals surface area contributed by atoms with Crippen molar-refractivity contribution in [2.45, 2.75) is 46.1 Å². The number of benzene rings is 1. The van der Waals surface area contributed by atoms with Gasteiger partial charge in [-0.15, -0.1) is 0 Å². The third-order valence-corrected chi connectivity index (χ3v) is 3.74. The van der Waals surface area contributed by atoms with E-state index in [4.69, 9.17) is 0 Å². The Labute approximate surface area is 111 Å². The Hall–Kier alpha value is -1.02. The minimum atomic E-state index is 0.192. The van der Waals surface area contributed by atoms with Gasteiger partial charge in [0.2, 0.25) is 0 Å². The maximum absolute atomic E-state index is 3.65. The Morgan fingerprint density at radius 2 is 1.94 bits per heavy atom. The van der Waals surface area contributed by atoms with E-state index >= 15 is 0 Å². The normalized spacial score (nSPS) is 20.3. The summed E-state index contributed by atoms with van der Waals surface area (Å²) in [5.74, 6) is 0. The van der Waals surface area contributed by atoms with Gasteiger partial charge in [0.1, 0.15) is 0 Å². The van der Waals surface area contributed by atoms with Crippen LogP contribution in [-0.2, 0) is 0 Å². The Balaban J connectivity index is 2.23. The standard InChI is InChI=1S/C16H26N2/c1-13-7-8-15(14(2)11-13)18-10-6-5-9-17-16(3,4)12-18/h7-8,11,17H,5-6,9-10,12H2,1-4H3. The summed E-state index contributed by atoms with van der Waals surface area (Å²) in [7, 11) is 0. The summed E-state index contributed by atoms with van der Waals surface area (Å²) in [6, 6.07) is 6.79. The van der Waals surface area contributed by atoms with Gasteiger partial charge in [-0.3, -0.25) is 0 Å². The average molecular weight is 246 g/mol. The Kier molecular flexibility index (Phi) is 3.96. The molecule has 0 bridgehead atoms. The van der Waals surface area contributed by atoms with Gasteiger partial charge in [0.05, 0.1) is 0 Å². The molecule has 2 nitrogen and oxygen atoms in total. The summed E-state index contributed by atoms with van der Waals surface area (Å²) in [5.41, 5.74) is 4.34. The second kappa shape index (κ2) is 5.31.